The van der Waals surface area contributed by atoms with Crippen LogP contribution in [-0.2, 0) is 0 Å². The molecule has 0 saturated heterocycles. The van der Waals surface area contributed by atoms with Crippen molar-refractivity contribution in [3.8, 4) is 6.07 Å². The van der Waals surface area contributed by atoms with Gasteiger partial charge in [0.15, 0.2) is 0 Å². The molecule has 0 spiro atoms. The summed E-state index contributed by atoms with van der Waals surface area (Å²) in [7, 11) is 0. The van der Waals surface area contributed by atoms with E-state index in [1.807, 2.05) is 37.3 Å². The van der Waals surface area contributed by atoms with E-state index in [4.69, 9.17) is 5.26 Å². The highest BCUT2D eigenvalue weighted by atomic mass is 79.9. The van der Waals surface area contributed by atoms with E-state index < -0.39 is 6.10 Å². The number of nitrogens with zero attached hydrogens (tertiary/aromatic N) is 1. The van der Waals surface area contributed by atoms with Crippen molar-refractivity contribution in [2.45, 2.75) is 13.0 Å². The van der Waals surface area contributed by atoms with Crippen molar-refractivity contribution in [1.82, 2.24) is 0 Å². The summed E-state index contributed by atoms with van der Waals surface area (Å²) < 4.78 is 0.884. The number of hydrogen-bond donors (Lipinski definition) is 1. The summed E-state index contributed by atoms with van der Waals surface area (Å²) in [6.45, 7) is 1.87. The number of aliphatic hydroxyl groups is 1. The maximum absolute atomic E-state index is 10.0. The van der Waals surface area contributed by atoms with Crippen LogP contribution in [0.2, 0.25) is 0 Å². The predicted molar refractivity (Wildman–Crippen MR) is 63.0 cm³/mol. The number of benzene rings is 1. The maximum Gasteiger partial charge on any atom is 0.0908 e. The van der Waals surface area contributed by atoms with Crippen LogP contribution in [0, 0.1) is 17.2 Å². The average Bonchev–Trinajstić information content (AvgIpc) is 2.25. The molecule has 0 bridgehead atoms. The number of hydrogen-bond acceptors (Lipinski definition) is 2. The number of aliphatic hydroxyl groups excluding tert-OH is 1. The number of rotatable bonds is 3. The Morgan fingerprint density at radius 3 is 2.73 bits per heavy atom. The van der Waals surface area contributed by atoms with Gasteiger partial charge in [0.05, 0.1) is 12.2 Å². The van der Waals surface area contributed by atoms with Gasteiger partial charge in [-0.25, -0.2) is 0 Å². The summed E-state index contributed by atoms with van der Waals surface area (Å²) in [5.41, 5.74) is 0.840. The van der Waals surface area contributed by atoms with Crippen molar-refractivity contribution in [2.24, 2.45) is 5.92 Å². The summed E-state index contributed by atoms with van der Waals surface area (Å²) in [6.07, 6.45) is 2.50. The van der Waals surface area contributed by atoms with E-state index in [1.54, 1.807) is 6.08 Å². The van der Waals surface area contributed by atoms with E-state index in [-0.39, 0.29) is 5.92 Å². The molecular weight excluding hydrogens is 254 g/mol. The number of halogens is 1. The topological polar surface area (TPSA) is 44.0 Å². The van der Waals surface area contributed by atoms with Crippen LogP contribution in [0.3, 0.4) is 0 Å². The molecule has 0 amide bonds. The third kappa shape index (κ3) is 3.19. The van der Waals surface area contributed by atoms with Crippen molar-refractivity contribution in [3.05, 3.63) is 46.5 Å². The quantitative estimate of drug-likeness (QED) is 0.854. The standard InChI is InChI=1S/C12H12BrNO/c1-9(5-4-8-14)12(15)10-6-2-3-7-11(10)13/h2-7,9,12,15H,1H3/b5-4-/t9-,12-/m0/s1. The Balaban J connectivity index is 2.86. The van der Waals surface area contributed by atoms with Gasteiger partial charge in [-0.1, -0.05) is 47.1 Å². The summed E-state index contributed by atoms with van der Waals surface area (Å²) >= 11 is 3.38. The highest BCUT2D eigenvalue weighted by molar-refractivity contribution is 9.10. The van der Waals surface area contributed by atoms with Crippen molar-refractivity contribution in [2.75, 3.05) is 0 Å². The fraction of sp³-hybridized carbons (Fsp3) is 0.250. The summed E-state index contributed by atoms with van der Waals surface area (Å²) in [6, 6.07) is 9.45. The van der Waals surface area contributed by atoms with Crippen molar-refractivity contribution in [3.63, 3.8) is 0 Å². The van der Waals surface area contributed by atoms with Gasteiger partial charge in [0.1, 0.15) is 0 Å². The van der Waals surface area contributed by atoms with Crippen molar-refractivity contribution in [1.29, 1.82) is 5.26 Å². The van der Waals surface area contributed by atoms with Gasteiger partial charge in [-0.3, -0.25) is 0 Å². The molecule has 0 unspecified atom stereocenters. The Morgan fingerprint density at radius 2 is 2.13 bits per heavy atom. The molecule has 0 radical (unpaired) electrons. The molecule has 1 N–H and O–H groups in total. The first-order valence-electron chi connectivity index (χ1n) is 4.65. The highest BCUT2D eigenvalue weighted by Crippen LogP contribution is 2.28. The number of allylic oxidation sites excluding steroid dienone is 1. The van der Waals surface area contributed by atoms with Gasteiger partial charge in [-0.2, -0.15) is 5.26 Å². The Morgan fingerprint density at radius 1 is 1.47 bits per heavy atom. The molecule has 3 heteroatoms. The molecule has 0 aliphatic heterocycles. The van der Waals surface area contributed by atoms with E-state index in [9.17, 15) is 5.11 Å². The smallest absolute Gasteiger partial charge is 0.0908 e. The van der Waals surface area contributed by atoms with E-state index in [0.717, 1.165) is 10.0 Å². The predicted octanol–water partition coefficient (Wildman–Crippen LogP) is 3.20. The zero-order valence-electron chi connectivity index (χ0n) is 8.39. The second kappa shape index (κ2) is 5.69. The lowest BCUT2D eigenvalue weighted by molar-refractivity contribution is 0.139. The fourth-order valence-corrected chi connectivity index (χ4v) is 1.82. The molecule has 0 heterocycles. The minimum atomic E-state index is -0.592. The first-order valence-corrected chi connectivity index (χ1v) is 5.45. The largest absolute Gasteiger partial charge is 0.388 e. The first kappa shape index (κ1) is 12.0. The van der Waals surface area contributed by atoms with Crippen molar-refractivity contribution >= 4 is 15.9 Å². The summed E-state index contributed by atoms with van der Waals surface area (Å²) in [4.78, 5) is 0. The van der Waals surface area contributed by atoms with E-state index >= 15 is 0 Å². The van der Waals surface area contributed by atoms with Gasteiger partial charge in [0.2, 0.25) is 0 Å². The molecule has 1 aromatic carbocycles. The maximum atomic E-state index is 10.0. The molecular formula is C12H12BrNO. The lowest BCUT2D eigenvalue weighted by atomic mass is 9.97. The van der Waals surface area contributed by atoms with Crippen molar-refractivity contribution < 1.29 is 5.11 Å². The van der Waals surface area contributed by atoms with Gasteiger partial charge >= 0.3 is 0 Å². The molecule has 2 atom stereocenters. The third-order valence-electron chi connectivity index (χ3n) is 2.20. The zero-order valence-corrected chi connectivity index (χ0v) is 9.98. The Kier molecular flexibility index (Phi) is 4.54. The second-order valence-electron chi connectivity index (χ2n) is 3.31. The molecule has 0 aliphatic carbocycles. The Labute approximate surface area is 98.0 Å². The van der Waals surface area contributed by atoms with Gasteiger partial charge in [0, 0.05) is 16.5 Å². The lowest BCUT2D eigenvalue weighted by Crippen LogP contribution is -2.07. The molecule has 2 nitrogen and oxygen atoms in total. The summed E-state index contributed by atoms with van der Waals surface area (Å²) in [5, 5.41) is 18.4. The Hall–Kier alpha value is -1.11. The molecule has 0 aromatic heterocycles. The SMILES string of the molecule is C[C@@H](/C=C\C#N)[C@H](O)c1ccccc1Br. The van der Waals surface area contributed by atoms with Gasteiger partial charge in [0.25, 0.3) is 0 Å². The van der Waals surface area contributed by atoms with Crippen LogP contribution in [-0.4, -0.2) is 5.11 Å². The van der Waals surface area contributed by atoms with Crippen LogP contribution in [0.15, 0.2) is 40.9 Å². The van der Waals surface area contributed by atoms with E-state index in [0.29, 0.717) is 0 Å². The molecule has 1 aromatic rings. The normalized spacial score (nSPS) is 14.8. The van der Waals surface area contributed by atoms with Gasteiger partial charge < -0.3 is 5.11 Å². The first-order chi connectivity index (χ1) is 7.16. The molecule has 1 rings (SSSR count). The average molecular weight is 266 g/mol. The van der Waals surface area contributed by atoms with Crippen LogP contribution in [0.25, 0.3) is 0 Å². The minimum absolute atomic E-state index is 0.0802. The van der Waals surface area contributed by atoms with Gasteiger partial charge in [-0.15, -0.1) is 0 Å². The number of nitriles is 1. The molecule has 0 aliphatic rings. The Bertz CT molecular complexity index is 395. The molecule has 15 heavy (non-hydrogen) atoms. The van der Waals surface area contributed by atoms with Crippen LogP contribution in [0.1, 0.15) is 18.6 Å². The van der Waals surface area contributed by atoms with Crippen LogP contribution in [0.4, 0.5) is 0 Å². The monoisotopic (exact) mass is 265 g/mol. The van der Waals surface area contributed by atoms with Crippen LogP contribution >= 0.6 is 15.9 Å². The summed E-state index contributed by atoms with van der Waals surface area (Å²) in [5.74, 6) is -0.0802. The molecule has 78 valence electrons. The minimum Gasteiger partial charge on any atom is -0.388 e. The van der Waals surface area contributed by atoms with Crippen LogP contribution in [0.5, 0.6) is 0 Å². The zero-order chi connectivity index (χ0) is 11.3. The lowest BCUT2D eigenvalue weighted by Gasteiger charge is -2.16. The third-order valence-corrected chi connectivity index (χ3v) is 2.92. The molecule has 0 fully saturated rings. The second-order valence-corrected chi connectivity index (χ2v) is 4.17. The van der Waals surface area contributed by atoms with E-state index in [2.05, 4.69) is 15.9 Å². The molecule has 0 saturated carbocycles. The van der Waals surface area contributed by atoms with E-state index in [1.165, 1.54) is 6.08 Å². The van der Waals surface area contributed by atoms with Crippen LogP contribution < -0.4 is 0 Å². The fourth-order valence-electron chi connectivity index (χ4n) is 1.30. The van der Waals surface area contributed by atoms with Gasteiger partial charge in [-0.05, 0) is 11.6 Å². The highest BCUT2D eigenvalue weighted by Gasteiger charge is 2.15.